The van der Waals surface area contributed by atoms with Crippen LogP contribution in [0.3, 0.4) is 0 Å². The summed E-state index contributed by atoms with van der Waals surface area (Å²) in [7, 11) is 3.48. The second-order valence-electron chi connectivity index (χ2n) is 6.10. The monoisotopic (exact) mass is 362 g/mol. The topological polar surface area (TPSA) is 82.0 Å². The Morgan fingerprint density at radius 1 is 1.15 bits per heavy atom. The zero-order valence-electron chi connectivity index (χ0n) is 15.0. The highest BCUT2D eigenvalue weighted by molar-refractivity contribution is 5.87. The Labute approximate surface area is 155 Å². The number of ether oxygens (including phenoxy) is 2. The van der Waals surface area contributed by atoms with Gasteiger partial charge >= 0.3 is 0 Å². The molecule has 0 bridgehead atoms. The number of hydrogen-bond donors (Lipinski definition) is 1. The molecule has 4 aromatic rings. The Balaban J connectivity index is 1.79. The number of aryl methyl sites for hydroxylation is 1. The Kier molecular flexibility index (Phi) is 4.33. The molecule has 0 radical (unpaired) electrons. The summed E-state index contributed by atoms with van der Waals surface area (Å²) >= 11 is 0. The number of H-pyrrole nitrogens is 1. The van der Waals surface area contributed by atoms with Gasteiger partial charge in [0.15, 0.2) is 0 Å². The van der Waals surface area contributed by atoms with Crippen LogP contribution in [0.1, 0.15) is 5.69 Å². The lowest BCUT2D eigenvalue weighted by Gasteiger charge is -2.13. The zero-order valence-corrected chi connectivity index (χ0v) is 15.0. The van der Waals surface area contributed by atoms with Crippen molar-refractivity contribution < 1.29 is 9.47 Å². The van der Waals surface area contributed by atoms with Crippen LogP contribution in [0.2, 0.25) is 0 Å². The molecule has 0 unspecified atom stereocenters. The van der Waals surface area contributed by atoms with Gasteiger partial charge in [-0.1, -0.05) is 12.1 Å². The predicted octanol–water partition coefficient (Wildman–Crippen LogP) is 2.91. The standard InChI is InChI=1S/C20H18N4O3/c1-24-8-7-14(23-24)11-27-19-10-18-17(20(25)22-12-21-18)9-16(19)13-3-5-15(26-2)6-4-13/h3-10,12H,11H2,1-2H3,(H,21,22,25). The number of aromatic amines is 1. The largest absolute Gasteiger partial charge is 0.497 e. The second-order valence-corrected chi connectivity index (χ2v) is 6.10. The minimum Gasteiger partial charge on any atom is -0.497 e. The van der Waals surface area contributed by atoms with E-state index in [0.29, 0.717) is 23.3 Å². The van der Waals surface area contributed by atoms with Crippen molar-refractivity contribution in [3.05, 3.63) is 71.0 Å². The molecule has 0 amide bonds. The fraction of sp³-hybridized carbons (Fsp3) is 0.150. The molecule has 2 aromatic carbocycles. The fourth-order valence-corrected chi connectivity index (χ4v) is 2.90. The number of methoxy groups -OCH3 is 1. The lowest BCUT2D eigenvalue weighted by molar-refractivity contribution is 0.301. The molecule has 136 valence electrons. The molecule has 4 rings (SSSR count). The van der Waals surface area contributed by atoms with Gasteiger partial charge in [-0.2, -0.15) is 5.10 Å². The first-order valence-corrected chi connectivity index (χ1v) is 8.41. The summed E-state index contributed by atoms with van der Waals surface area (Å²) in [6.45, 7) is 0.318. The normalized spacial score (nSPS) is 10.9. The lowest BCUT2D eigenvalue weighted by Crippen LogP contribution is -2.07. The summed E-state index contributed by atoms with van der Waals surface area (Å²) in [6.07, 6.45) is 3.25. The molecular formula is C20H18N4O3. The van der Waals surface area contributed by atoms with Gasteiger partial charge in [0, 0.05) is 24.9 Å². The highest BCUT2D eigenvalue weighted by Crippen LogP contribution is 2.34. The molecule has 1 N–H and O–H groups in total. The number of nitrogens with one attached hydrogen (secondary N) is 1. The molecule has 0 fully saturated rings. The average Bonchev–Trinajstić information content (AvgIpc) is 3.11. The lowest BCUT2D eigenvalue weighted by atomic mass is 10.0. The van der Waals surface area contributed by atoms with Gasteiger partial charge in [-0.3, -0.25) is 9.48 Å². The van der Waals surface area contributed by atoms with E-state index in [1.807, 2.05) is 43.6 Å². The number of fused-ring (bicyclic) bond motifs is 1. The molecule has 0 saturated heterocycles. The second kappa shape index (κ2) is 6.95. The molecule has 7 heteroatoms. The molecule has 0 aliphatic heterocycles. The smallest absolute Gasteiger partial charge is 0.258 e. The predicted molar refractivity (Wildman–Crippen MR) is 102 cm³/mol. The molecule has 0 aliphatic carbocycles. The van der Waals surface area contributed by atoms with E-state index < -0.39 is 0 Å². The quantitative estimate of drug-likeness (QED) is 0.590. The first kappa shape index (κ1) is 16.8. The van der Waals surface area contributed by atoms with Crippen LogP contribution in [0.15, 0.2) is 59.8 Å². The van der Waals surface area contributed by atoms with Gasteiger partial charge in [0.25, 0.3) is 5.56 Å². The van der Waals surface area contributed by atoms with Gasteiger partial charge in [-0.15, -0.1) is 0 Å². The van der Waals surface area contributed by atoms with Crippen molar-refractivity contribution in [3.63, 3.8) is 0 Å². The third-order valence-electron chi connectivity index (χ3n) is 4.29. The van der Waals surface area contributed by atoms with Crippen LogP contribution >= 0.6 is 0 Å². The van der Waals surface area contributed by atoms with Crippen LogP contribution in [-0.4, -0.2) is 26.9 Å². The molecule has 7 nitrogen and oxygen atoms in total. The third kappa shape index (κ3) is 3.39. The van der Waals surface area contributed by atoms with Gasteiger partial charge in [0.1, 0.15) is 18.1 Å². The molecule has 0 aliphatic rings. The van der Waals surface area contributed by atoms with Crippen molar-refractivity contribution in [1.82, 2.24) is 19.7 Å². The number of aromatic nitrogens is 4. The molecule has 2 aromatic heterocycles. The Hall–Kier alpha value is -3.61. The van der Waals surface area contributed by atoms with E-state index in [4.69, 9.17) is 9.47 Å². The molecule has 2 heterocycles. The first-order valence-electron chi connectivity index (χ1n) is 8.41. The van der Waals surface area contributed by atoms with Crippen molar-refractivity contribution in [3.8, 4) is 22.6 Å². The van der Waals surface area contributed by atoms with Crippen LogP contribution in [0.5, 0.6) is 11.5 Å². The van der Waals surface area contributed by atoms with Gasteiger partial charge in [0.05, 0.1) is 30.0 Å². The highest BCUT2D eigenvalue weighted by Gasteiger charge is 2.12. The van der Waals surface area contributed by atoms with Crippen LogP contribution in [0.25, 0.3) is 22.0 Å². The van der Waals surface area contributed by atoms with E-state index in [0.717, 1.165) is 22.6 Å². The molecule has 27 heavy (non-hydrogen) atoms. The van der Waals surface area contributed by atoms with Crippen molar-refractivity contribution in [2.75, 3.05) is 7.11 Å². The summed E-state index contributed by atoms with van der Waals surface area (Å²) in [5, 5.41) is 4.84. The summed E-state index contributed by atoms with van der Waals surface area (Å²) in [6, 6.07) is 13.1. The summed E-state index contributed by atoms with van der Waals surface area (Å²) in [5.74, 6) is 1.39. The van der Waals surface area contributed by atoms with Crippen LogP contribution < -0.4 is 15.0 Å². The maximum absolute atomic E-state index is 12.2. The van der Waals surface area contributed by atoms with Gasteiger partial charge < -0.3 is 14.5 Å². The van der Waals surface area contributed by atoms with Crippen molar-refractivity contribution >= 4 is 10.9 Å². The number of hydrogen-bond acceptors (Lipinski definition) is 5. The van der Waals surface area contributed by atoms with E-state index in [2.05, 4.69) is 15.1 Å². The SMILES string of the molecule is COc1ccc(-c2cc3c(=O)[nH]cnc3cc2OCc2ccn(C)n2)cc1. The van der Waals surface area contributed by atoms with Crippen LogP contribution in [-0.2, 0) is 13.7 Å². The first-order chi connectivity index (χ1) is 13.1. The Morgan fingerprint density at radius 2 is 1.96 bits per heavy atom. The van der Waals surface area contributed by atoms with Gasteiger partial charge in [-0.05, 0) is 29.8 Å². The average molecular weight is 362 g/mol. The molecule has 0 atom stereocenters. The minimum absolute atomic E-state index is 0.189. The number of nitrogens with zero attached hydrogens (tertiary/aromatic N) is 3. The van der Waals surface area contributed by atoms with Gasteiger partial charge in [0.2, 0.25) is 0 Å². The van der Waals surface area contributed by atoms with E-state index in [1.165, 1.54) is 6.33 Å². The Bertz CT molecular complexity index is 1150. The third-order valence-corrected chi connectivity index (χ3v) is 4.29. The minimum atomic E-state index is -0.189. The summed E-state index contributed by atoms with van der Waals surface area (Å²) < 4.78 is 13.0. The zero-order chi connectivity index (χ0) is 18.8. The van der Waals surface area contributed by atoms with Gasteiger partial charge in [-0.25, -0.2) is 4.98 Å². The van der Waals surface area contributed by atoms with E-state index in [1.54, 1.807) is 23.9 Å². The van der Waals surface area contributed by atoms with Crippen molar-refractivity contribution in [2.24, 2.45) is 7.05 Å². The van der Waals surface area contributed by atoms with E-state index in [9.17, 15) is 4.79 Å². The van der Waals surface area contributed by atoms with E-state index >= 15 is 0 Å². The highest BCUT2D eigenvalue weighted by atomic mass is 16.5. The maximum Gasteiger partial charge on any atom is 0.258 e. The maximum atomic E-state index is 12.2. The number of benzene rings is 2. The fourth-order valence-electron chi connectivity index (χ4n) is 2.90. The van der Waals surface area contributed by atoms with Crippen LogP contribution in [0.4, 0.5) is 0 Å². The molecule has 0 spiro atoms. The molecule has 0 saturated carbocycles. The van der Waals surface area contributed by atoms with E-state index in [-0.39, 0.29) is 5.56 Å². The summed E-state index contributed by atoms with van der Waals surface area (Å²) in [5.41, 5.74) is 2.92. The number of rotatable bonds is 5. The molecular weight excluding hydrogens is 344 g/mol. The Morgan fingerprint density at radius 3 is 2.67 bits per heavy atom. The van der Waals surface area contributed by atoms with Crippen molar-refractivity contribution in [1.29, 1.82) is 0 Å². The van der Waals surface area contributed by atoms with Crippen LogP contribution in [0, 0.1) is 0 Å². The van der Waals surface area contributed by atoms with Crippen molar-refractivity contribution in [2.45, 2.75) is 6.61 Å². The summed E-state index contributed by atoms with van der Waals surface area (Å²) in [4.78, 5) is 19.0.